The van der Waals surface area contributed by atoms with Gasteiger partial charge in [0.1, 0.15) is 28.7 Å². The molecule has 2 N–H and O–H groups in total. The molecule has 0 spiro atoms. The molecule has 8 nitrogen and oxygen atoms in total. The fourth-order valence-corrected chi connectivity index (χ4v) is 4.06. The number of hydrazone groups is 2. The Kier molecular flexibility index (Phi) is 7.04. The van der Waals surface area contributed by atoms with Crippen molar-refractivity contribution in [3.05, 3.63) is 102 Å². The summed E-state index contributed by atoms with van der Waals surface area (Å²) < 4.78 is 16.7. The normalized spacial score (nSPS) is 13.6. The van der Waals surface area contributed by atoms with Gasteiger partial charge in [0, 0.05) is 0 Å². The average Bonchev–Trinajstić information content (AvgIpc) is 3.33. The third-order valence-corrected chi connectivity index (χ3v) is 6.05. The molecular weight excluding hydrogens is 480 g/mol. The Morgan fingerprint density at radius 1 is 0.789 bits per heavy atom. The highest BCUT2D eigenvalue weighted by Gasteiger charge is 2.29. The molecule has 4 aromatic carbocycles. The number of nitrogens with one attached hydrogen (secondary N) is 2. The first kappa shape index (κ1) is 24.6. The molecule has 0 unspecified atom stereocenters. The molecule has 1 heterocycles. The maximum atomic E-state index is 12.6. The van der Waals surface area contributed by atoms with Crippen molar-refractivity contribution in [2.75, 3.05) is 19.6 Å². The molecule has 0 saturated carbocycles. The zero-order valence-corrected chi connectivity index (χ0v) is 21.2. The van der Waals surface area contributed by atoms with E-state index in [9.17, 15) is 4.79 Å². The molecule has 4 aromatic rings. The third-order valence-electron chi connectivity index (χ3n) is 6.05. The van der Waals surface area contributed by atoms with Gasteiger partial charge in [0.25, 0.3) is 5.91 Å². The molecule has 0 fully saturated rings. The highest BCUT2D eigenvalue weighted by Crippen LogP contribution is 2.30. The van der Waals surface area contributed by atoms with Crippen molar-refractivity contribution in [2.45, 2.75) is 6.92 Å². The minimum Gasteiger partial charge on any atom is -0.497 e. The number of benzene rings is 4. The number of aryl methyl sites for hydroxylation is 1. The number of anilines is 1. The Balaban J connectivity index is 1.38. The third kappa shape index (κ3) is 5.19. The SMILES string of the molecule is COc1ccc(OC)c(C2=NNC(=O)/C2=N/Nc2ccc(C)c(-c3ccc(Oc4ccccc4)cc3)c2)c1. The van der Waals surface area contributed by atoms with Crippen LogP contribution in [0.2, 0.25) is 0 Å². The van der Waals surface area contributed by atoms with Gasteiger partial charge in [-0.25, -0.2) is 5.43 Å². The summed E-state index contributed by atoms with van der Waals surface area (Å²) >= 11 is 0. The van der Waals surface area contributed by atoms with Gasteiger partial charge in [-0.1, -0.05) is 36.4 Å². The number of hydrogen-bond donors (Lipinski definition) is 2. The van der Waals surface area contributed by atoms with Crippen molar-refractivity contribution in [1.82, 2.24) is 5.43 Å². The minimum absolute atomic E-state index is 0.140. The number of ether oxygens (including phenoxy) is 3. The second-order valence-corrected chi connectivity index (χ2v) is 8.51. The van der Waals surface area contributed by atoms with Gasteiger partial charge in [-0.15, -0.1) is 0 Å². The van der Waals surface area contributed by atoms with E-state index in [1.54, 1.807) is 32.4 Å². The van der Waals surface area contributed by atoms with Crippen LogP contribution in [0.5, 0.6) is 23.0 Å². The molecule has 1 amide bonds. The van der Waals surface area contributed by atoms with Gasteiger partial charge < -0.3 is 14.2 Å². The number of carbonyl (C=O) groups excluding carboxylic acids is 1. The first-order valence-electron chi connectivity index (χ1n) is 11.9. The summed E-state index contributed by atoms with van der Waals surface area (Å²) in [6.45, 7) is 2.05. The summed E-state index contributed by atoms with van der Waals surface area (Å²) in [5.41, 5.74) is 10.5. The molecule has 0 bridgehead atoms. The van der Waals surface area contributed by atoms with Gasteiger partial charge in [0.15, 0.2) is 5.71 Å². The van der Waals surface area contributed by atoms with Gasteiger partial charge in [0.2, 0.25) is 0 Å². The van der Waals surface area contributed by atoms with E-state index >= 15 is 0 Å². The molecule has 0 saturated heterocycles. The lowest BCUT2D eigenvalue weighted by atomic mass is 10.00. The summed E-state index contributed by atoms with van der Waals surface area (Å²) in [4.78, 5) is 12.6. The monoisotopic (exact) mass is 506 g/mol. The molecular formula is C30H26N4O4. The number of nitrogens with zero attached hydrogens (tertiary/aromatic N) is 2. The predicted octanol–water partition coefficient (Wildman–Crippen LogP) is 5.77. The quantitative estimate of drug-likeness (QED) is 0.296. The second-order valence-electron chi connectivity index (χ2n) is 8.51. The Hall–Kier alpha value is -5.11. The first-order chi connectivity index (χ1) is 18.6. The highest BCUT2D eigenvalue weighted by atomic mass is 16.5. The summed E-state index contributed by atoms with van der Waals surface area (Å²) in [6, 6.07) is 28.7. The molecule has 0 aromatic heterocycles. The molecule has 190 valence electrons. The van der Waals surface area contributed by atoms with Crippen LogP contribution in [-0.4, -0.2) is 31.6 Å². The second kappa shape index (κ2) is 10.9. The van der Waals surface area contributed by atoms with Crippen LogP contribution in [0, 0.1) is 6.92 Å². The van der Waals surface area contributed by atoms with Crippen LogP contribution in [0.25, 0.3) is 11.1 Å². The fourth-order valence-electron chi connectivity index (χ4n) is 4.06. The number of rotatable bonds is 8. The lowest BCUT2D eigenvalue weighted by Crippen LogP contribution is -2.25. The van der Waals surface area contributed by atoms with E-state index in [0.29, 0.717) is 22.8 Å². The lowest BCUT2D eigenvalue weighted by molar-refractivity contribution is -0.114. The molecule has 38 heavy (non-hydrogen) atoms. The smallest absolute Gasteiger partial charge is 0.294 e. The molecule has 8 heteroatoms. The van der Waals surface area contributed by atoms with Crippen molar-refractivity contribution >= 4 is 23.0 Å². The predicted molar refractivity (Wildman–Crippen MR) is 148 cm³/mol. The number of methoxy groups -OCH3 is 2. The molecule has 1 aliphatic rings. The average molecular weight is 507 g/mol. The van der Waals surface area contributed by atoms with Gasteiger partial charge in [-0.2, -0.15) is 10.2 Å². The van der Waals surface area contributed by atoms with E-state index in [2.05, 4.69) is 21.1 Å². The molecule has 1 aliphatic heterocycles. The fraction of sp³-hybridized carbons (Fsp3) is 0.100. The summed E-state index contributed by atoms with van der Waals surface area (Å²) in [7, 11) is 3.13. The topological polar surface area (TPSA) is 93.5 Å². The first-order valence-corrected chi connectivity index (χ1v) is 11.9. The lowest BCUT2D eigenvalue weighted by Gasteiger charge is -2.12. The summed E-state index contributed by atoms with van der Waals surface area (Å²) in [5, 5.41) is 8.58. The maximum Gasteiger partial charge on any atom is 0.294 e. The summed E-state index contributed by atoms with van der Waals surface area (Å²) in [5.74, 6) is 2.28. The van der Waals surface area contributed by atoms with E-state index in [1.165, 1.54) is 0 Å². The number of para-hydroxylation sites is 1. The molecule has 0 aliphatic carbocycles. The standard InChI is InChI=1S/C30H26N4O4/c1-19-9-12-21(17-25(19)20-10-13-23(14-11-20)38-22-7-5-4-6-8-22)31-33-29-28(32-34-30(29)35)26-18-24(36-2)15-16-27(26)37-3/h4-18,31H,1-3H3,(H,33,34,35). The van der Waals surface area contributed by atoms with Crippen molar-refractivity contribution < 1.29 is 19.0 Å². The van der Waals surface area contributed by atoms with Gasteiger partial charge in [-0.3, -0.25) is 10.2 Å². The van der Waals surface area contributed by atoms with Crippen LogP contribution in [0.4, 0.5) is 5.69 Å². The van der Waals surface area contributed by atoms with Crippen LogP contribution < -0.4 is 25.1 Å². The summed E-state index contributed by atoms with van der Waals surface area (Å²) in [6.07, 6.45) is 0. The van der Waals surface area contributed by atoms with Crippen molar-refractivity contribution in [3.8, 4) is 34.1 Å². The van der Waals surface area contributed by atoms with Crippen molar-refractivity contribution in [2.24, 2.45) is 10.2 Å². The van der Waals surface area contributed by atoms with Crippen LogP contribution in [0.1, 0.15) is 11.1 Å². The highest BCUT2D eigenvalue weighted by molar-refractivity contribution is 6.72. The Labute approximate surface area is 220 Å². The Morgan fingerprint density at radius 2 is 1.53 bits per heavy atom. The zero-order chi connectivity index (χ0) is 26.5. The maximum absolute atomic E-state index is 12.6. The van der Waals surface area contributed by atoms with Gasteiger partial charge >= 0.3 is 0 Å². The van der Waals surface area contributed by atoms with Crippen LogP contribution in [0.3, 0.4) is 0 Å². The van der Waals surface area contributed by atoms with E-state index in [-0.39, 0.29) is 5.71 Å². The molecule has 0 radical (unpaired) electrons. The number of carbonyl (C=O) groups is 1. The largest absolute Gasteiger partial charge is 0.497 e. The van der Waals surface area contributed by atoms with Crippen LogP contribution in [0.15, 0.2) is 101 Å². The number of amides is 1. The van der Waals surface area contributed by atoms with Crippen molar-refractivity contribution in [3.63, 3.8) is 0 Å². The van der Waals surface area contributed by atoms with Crippen molar-refractivity contribution in [1.29, 1.82) is 0 Å². The van der Waals surface area contributed by atoms with Gasteiger partial charge in [-0.05, 0) is 78.2 Å². The Bertz CT molecular complexity index is 1530. The Morgan fingerprint density at radius 3 is 2.26 bits per heavy atom. The molecule has 0 atom stereocenters. The van der Waals surface area contributed by atoms with E-state index in [1.807, 2.05) is 79.7 Å². The minimum atomic E-state index is -0.418. The zero-order valence-electron chi connectivity index (χ0n) is 21.2. The van der Waals surface area contributed by atoms with Crippen LogP contribution >= 0.6 is 0 Å². The number of hydrogen-bond acceptors (Lipinski definition) is 7. The van der Waals surface area contributed by atoms with Crippen LogP contribution in [-0.2, 0) is 4.79 Å². The van der Waals surface area contributed by atoms with E-state index < -0.39 is 5.91 Å². The van der Waals surface area contributed by atoms with E-state index in [0.717, 1.165) is 33.9 Å². The van der Waals surface area contributed by atoms with Gasteiger partial charge in [0.05, 0.1) is 25.5 Å². The molecule has 5 rings (SSSR count). The van der Waals surface area contributed by atoms with E-state index in [4.69, 9.17) is 14.2 Å².